The molecule has 8 heteroatoms. The zero-order chi connectivity index (χ0) is 15.6. The second-order valence-corrected chi connectivity index (χ2v) is 5.30. The first-order chi connectivity index (χ1) is 9.91. The summed E-state index contributed by atoms with van der Waals surface area (Å²) >= 11 is 0. The average molecular weight is 293 g/mol. The van der Waals surface area contributed by atoms with Crippen molar-refractivity contribution in [2.45, 2.75) is 38.3 Å². The minimum Gasteiger partial charge on any atom is -0.365 e. The number of carbonyl (C=O) groups is 1. The van der Waals surface area contributed by atoms with Crippen LogP contribution in [0.2, 0.25) is 0 Å². The van der Waals surface area contributed by atoms with Gasteiger partial charge in [0.25, 0.3) is 11.6 Å². The molecule has 0 aliphatic carbocycles. The lowest BCUT2D eigenvalue weighted by molar-refractivity contribution is -0.385. The first kappa shape index (κ1) is 15.2. The fourth-order valence-electron chi connectivity index (χ4n) is 2.72. The molecule has 2 rings (SSSR count). The number of hydrogen-bond donors (Lipinski definition) is 2. The summed E-state index contributed by atoms with van der Waals surface area (Å²) in [7, 11) is 0. The van der Waals surface area contributed by atoms with E-state index in [0.29, 0.717) is 12.4 Å². The lowest BCUT2D eigenvalue weighted by Gasteiger charge is -2.39. The minimum atomic E-state index is -0.727. The second kappa shape index (κ2) is 6.04. The van der Waals surface area contributed by atoms with Gasteiger partial charge in [0.2, 0.25) is 0 Å². The number of nitro groups is 1. The van der Waals surface area contributed by atoms with Gasteiger partial charge in [-0.15, -0.1) is 0 Å². The first-order valence-corrected chi connectivity index (χ1v) is 6.88. The van der Waals surface area contributed by atoms with Crippen LogP contribution in [0.15, 0.2) is 12.3 Å². The zero-order valence-corrected chi connectivity index (χ0v) is 11.9. The molecule has 114 valence electrons. The molecule has 2 atom stereocenters. The molecule has 4 N–H and O–H groups in total. The quantitative estimate of drug-likeness (QED) is 0.624. The molecule has 0 spiro atoms. The molecular weight excluding hydrogens is 274 g/mol. The van der Waals surface area contributed by atoms with E-state index in [1.165, 1.54) is 6.07 Å². The lowest BCUT2D eigenvalue weighted by atomic mass is 9.96. The largest absolute Gasteiger partial charge is 0.365 e. The van der Waals surface area contributed by atoms with E-state index in [9.17, 15) is 14.9 Å². The molecule has 21 heavy (non-hydrogen) atoms. The Morgan fingerprint density at radius 3 is 2.86 bits per heavy atom. The summed E-state index contributed by atoms with van der Waals surface area (Å²) in [5.41, 5.74) is 11.2. The van der Waals surface area contributed by atoms with Crippen LogP contribution in [-0.4, -0.2) is 34.4 Å². The van der Waals surface area contributed by atoms with Crippen molar-refractivity contribution in [1.29, 1.82) is 0 Å². The van der Waals surface area contributed by atoms with Gasteiger partial charge in [0, 0.05) is 24.7 Å². The van der Waals surface area contributed by atoms with Gasteiger partial charge in [-0.05, 0) is 26.2 Å². The predicted octanol–water partition coefficient (Wildman–Crippen LogP) is 0.795. The normalized spacial score (nSPS) is 20.1. The second-order valence-electron chi connectivity index (χ2n) is 5.30. The predicted molar refractivity (Wildman–Crippen MR) is 78.0 cm³/mol. The molecule has 0 radical (unpaired) electrons. The van der Waals surface area contributed by atoms with Crippen LogP contribution >= 0.6 is 0 Å². The van der Waals surface area contributed by atoms with Gasteiger partial charge in [-0.25, -0.2) is 4.98 Å². The SMILES string of the molecule is CC(N)C1CCCCN1c1ncc([N+](=O)[O-])cc1C(N)=O. The van der Waals surface area contributed by atoms with Crippen molar-refractivity contribution in [3.63, 3.8) is 0 Å². The highest BCUT2D eigenvalue weighted by molar-refractivity contribution is 5.98. The van der Waals surface area contributed by atoms with Crippen LogP contribution in [0, 0.1) is 10.1 Å². The van der Waals surface area contributed by atoms with Crippen molar-refractivity contribution >= 4 is 17.4 Å². The van der Waals surface area contributed by atoms with Crippen molar-refractivity contribution in [2.75, 3.05) is 11.4 Å². The van der Waals surface area contributed by atoms with Gasteiger partial charge in [0.05, 0.1) is 10.5 Å². The molecule has 2 unspecified atom stereocenters. The summed E-state index contributed by atoms with van der Waals surface area (Å²) in [6, 6.07) is 1.13. The summed E-state index contributed by atoms with van der Waals surface area (Å²) in [6.45, 7) is 2.61. The summed E-state index contributed by atoms with van der Waals surface area (Å²) in [5, 5.41) is 10.8. The fourth-order valence-corrected chi connectivity index (χ4v) is 2.72. The molecule has 2 heterocycles. The molecule has 1 fully saturated rings. The van der Waals surface area contributed by atoms with Crippen molar-refractivity contribution in [3.05, 3.63) is 27.9 Å². The highest BCUT2D eigenvalue weighted by Gasteiger charge is 2.30. The Morgan fingerprint density at radius 1 is 1.57 bits per heavy atom. The van der Waals surface area contributed by atoms with E-state index in [2.05, 4.69) is 4.98 Å². The molecule has 1 aliphatic rings. The Morgan fingerprint density at radius 2 is 2.29 bits per heavy atom. The number of nitrogens with two attached hydrogens (primary N) is 2. The summed E-state index contributed by atoms with van der Waals surface area (Å²) in [6.07, 6.45) is 4.06. The number of anilines is 1. The number of rotatable bonds is 4. The zero-order valence-electron chi connectivity index (χ0n) is 11.9. The lowest BCUT2D eigenvalue weighted by Crippen LogP contribution is -2.50. The number of hydrogen-bond acceptors (Lipinski definition) is 6. The number of carbonyl (C=O) groups excluding carboxylic acids is 1. The van der Waals surface area contributed by atoms with Crippen molar-refractivity contribution in [1.82, 2.24) is 4.98 Å². The Bertz CT molecular complexity index is 561. The third kappa shape index (κ3) is 3.10. The van der Waals surface area contributed by atoms with E-state index in [-0.39, 0.29) is 23.3 Å². The molecule has 0 bridgehead atoms. The van der Waals surface area contributed by atoms with Crippen LogP contribution in [-0.2, 0) is 0 Å². The van der Waals surface area contributed by atoms with E-state index < -0.39 is 10.8 Å². The first-order valence-electron chi connectivity index (χ1n) is 6.88. The van der Waals surface area contributed by atoms with E-state index >= 15 is 0 Å². The minimum absolute atomic E-state index is 0.0470. The summed E-state index contributed by atoms with van der Waals surface area (Å²) < 4.78 is 0. The third-order valence-electron chi connectivity index (χ3n) is 3.76. The number of primary amides is 1. The number of aromatic nitrogens is 1. The van der Waals surface area contributed by atoms with Crippen molar-refractivity contribution in [2.24, 2.45) is 11.5 Å². The van der Waals surface area contributed by atoms with Crippen molar-refractivity contribution < 1.29 is 9.72 Å². The van der Waals surface area contributed by atoms with Gasteiger partial charge < -0.3 is 16.4 Å². The Labute approximate surface area is 122 Å². The maximum Gasteiger partial charge on any atom is 0.288 e. The smallest absolute Gasteiger partial charge is 0.288 e. The Balaban J connectivity index is 2.46. The van der Waals surface area contributed by atoms with Crippen molar-refractivity contribution in [3.8, 4) is 0 Å². The van der Waals surface area contributed by atoms with Gasteiger partial charge in [-0.2, -0.15) is 0 Å². The molecule has 0 aromatic carbocycles. The maximum atomic E-state index is 11.6. The Hall–Kier alpha value is -2.22. The molecule has 8 nitrogen and oxygen atoms in total. The molecule has 1 aromatic rings. The number of pyridine rings is 1. The highest BCUT2D eigenvalue weighted by Crippen LogP contribution is 2.29. The molecule has 1 aromatic heterocycles. The topological polar surface area (TPSA) is 128 Å². The summed E-state index contributed by atoms with van der Waals surface area (Å²) in [5.74, 6) is -0.342. The van der Waals surface area contributed by atoms with Crippen LogP contribution < -0.4 is 16.4 Å². The van der Waals surface area contributed by atoms with Gasteiger partial charge in [-0.1, -0.05) is 0 Å². The van der Waals surface area contributed by atoms with E-state index in [0.717, 1.165) is 25.5 Å². The standard InChI is InChI=1S/C13H19N5O3/c1-8(14)11-4-2-3-5-17(11)13-10(12(15)19)6-9(7-16-13)18(20)21/h6-8,11H,2-5,14H2,1H3,(H2,15,19). The average Bonchev–Trinajstić information content (AvgIpc) is 2.46. The van der Waals surface area contributed by atoms with E-state index in [4.69, 9.17) is 11.5 Å². The maximum absolute atomic E-state index is 11.6. The van der Waals surface area contributed by atoms with Gasteiger partial charge in [0.1, 0.15) is 12.0 Å². The number of nitrogens with zero attached hydrogens (tertiary/aromatic N) is 3. The van der Waals surface area contributed by atoms with Gasteiger partial charge in [-0.3, -0.25) is 14.9 Å². The van der Waals surface area contributed by atoms with E-state index in [1.54, 1.807) is 0 Å². The van der Waals surface area contributed by atoms with E-state index in [1.807, 2.05) is 11.8 Å². The van der Waals surface area contributed by atoms with Crippen LogP contribution in [0.1, 0.15) is 36.5 Å². The molecule has 1 saturated heterocycles. The fraction of sp³-hybridized carbons (Fsp3) is 0.538. The monoisotopic (exact) mass is 293 g/mol. The third-order valence-corrected chi connectivity index (χ3v) is 3.76. The number of amides is 1. The molecule has 0 saturated carbocycles. The molecular formula is C13H19N5O3. The van der Waals surface area contributed by atoms with Gasteiger partial charge in [0.15, 0.2) is 0 Å². The highest BCUT2D eigenvalue weighted by atomic mass is 16.6. The van der Waals surface area contributed by atoms with Crippen LogP contribution in [0.5, 0.6) is 0 Å². The van der Waals surface area contributed by atoms with Gasteiger partial charge >= 0.3 is 0 Å². The molecule has 1 aliphatic heterocycles. The van der Waals surface area contributed by atoms with Crippen LogP contribution in [0.3, 0.4) is 0 Å². The summed E-state index contributed by atoms with van der Waals surface area (Å²) in [4.78, 5) is 27.9. The number of piperidine rings is 1. The Kier molecular flexibility index (Phi) is 4.37. The van der Waals surface area contributed by atoms with Crippen LogP contribution in [0.25, 0.3) is 0 Å². The van der Waals surface area contributed by atoms with Crippen LogP contribution in [0.4, 0.5) is 11.5 Å². The molecule has 1 amide bonds.